The predicted molar refractivity (Wildman–Crippen MR) is 296 cm³/mol. The van der Waals surface area contributed by atoms with Gasteiger partial charge in [-0.1, -0.05) is 0 Å². The van der Waals surface area contributed by atoms with Gasteiger partial charge in [-0.25, -0.2) is 19.5 Å². The summed E-state index contributed by atoms with van der Waals surface area (Å²) in [5.74, 6) is -1.70. The molecule has 4 aromatic heterocycles. The molecule has 0 radical (unpaired) electrons. The summed E-state index contributed by atoms with van der Waals surface area (Å²) in [5.41, 5.74) is 5.76. The number of hydrogen-bond acceptors (Lipinski definition) is 17. The number of phosphoric ester groups is 1. The van der Waals surface area contributed by atoms with Gasteiger partial charge in [-0.2, -0.15) is 0 Å². The topological polar surface area (TPSA) is 252 Å². The number of benzene rings is 1. The van der Waals surface area contributed by atoms with Gasteiger partial charge in [-0.3, -0.25) is 48.1 Å². The maximum absolute atomic E-state index is 14.2. The summed E-state index contributed by atoms with van der Waals surface area (Å²) in [7, 11) is -3.51. The Morgan fingerprint density at radius 1 is 0.797 bits per heavy atom. The number of carbonyl (C=O) groups is 5. The second kappa shape index (κ2) is 21.1. The van der Waals surface area contributed by atoms with Crippen LogP contribution in [0.2, 0.25) is 0 Å². The molecule has 0 spiro atoms. The number of fused-ring (bicyclic) bond motifs is 4. The Morgan fingerprint density at radius 2 is 1.56 bits per heavy atom. The second-order valence-electron chi connectivity index (χ2n) is 22.0. The zero-order valence-corrected chi connectivity index (χ0v) is 46.8. The van der Waals surface area contributed by atoms with Crippen molar-refractivity contribution in [2.24, 2.45) is 0 Å². The third-order valence-corrected chi connectivity index (χ3v) is 18.3. The van der Waals surface area contributed by atoms with Crippen molar-refractivity contribution in [3.63, 3.8) is 0 Å². The zero-order chi connectivity index (χ0) is 55.8. The van der Waals surface area contributed by atoms with Gasteiger partial charge in [-0.05, 0) is 145 Å². The van der Waals surface area contributed by atoms with Crippen LogP contribution in [0.15, 0.2) is 61.1 Å². The molecule has 0 bridgehead atoms. The van der Waals surface area contributed by atoms with Crippen LogP contribution in [0.25, 0.3) is 11.1 Å². The number of ether oxygens (including phenoxy) is 1. The van der Waals surface area contributed by atoms with Crippen molar-refractivity contribution in [3.05, 3.63) is 98.6 Å². The number of rotatable bonds is 13. The molecule has 9 heterocycles. The SMILES string of the molecule is COc1ncc(-c2ccnc(N3CCc4c(sc5c4CCCC5)C3=O)c2C(C)(C)O)cc1Nc1ccc(N2CCN(C3CCN(c4ccc5c(c4)C(=O)N(C4CCC(=O)N(C(C)OP(=O)(O)O)C4=O)C5=O)[C@H](C)C3)C[C@@H]2C)cn1. The van der Waals surface area contributed by atoms with Crippen LogP contribution in [0.4, 0.5) is 28.7 Å². The molecule has 3 fully saturated rings. The Kier molecular flexibility index (Phi) is 14.5. The second-order valence-corrected chi connectivity index (χ2v) is 24.3. The lowest BCUT2D eigenvalue weighted by molar-refractivity contribution is -0.161. The molecular formula is C56H65N10O11PS. The Balaban J connectivity index is 0.725. The van der Waals surface area contributed by atoms with E-state index in [-0.39, 0.29) is 42.0 Å². The summed E-state index contributed by atoms with van der Waals surface area (Å²) >= 11 is 1.62. The lowest BCUT2D eigenvalue weighted by Gasteiger charge is -2.48. The van der Waals surface area contributed by atoms with E-state index in [0.717, 1.165) is 92.7 Å². The monoisotopic (exact) mass is 1120 g/mol. The molecule has 79 heavy (non-hydrogen) atoms. The fourth-order valence-corrected chi connectivity index (χ4v) is 14.6. The molecule has 3 saturated heterocycles. The number of likely N-dealkylation sites (tertiary alicyclic amines) is 1. The molecule has 5 amide bonds. The number of piperidine rings is 2. The number of hydrogen-bond donors (Lipinski definition) is 4. The number of nitrogens with zero attached hydrogens (tertiary/aromatic N) is 9. The fourth-order valence-electron chi connectivity index (χ4n) is 12.8. The van der Waals surface area contributed by atoms with Crippen LogP contribution in [0, 0.1) is 0 Å². The van der Waals surface area contributed by atoms with Gasteiger partial charge in [0.05, 0.1) is 40.6 Å². The number of pyridine rings is 3. The lowest BCUT2D eigenvalue weighted by atomic mass is 9.89. The van der Waals surface area contributed by atoms with E-state index in [4.69, 9.17) is 14.7 Å². The number of aryl methyl sites for hydroxylation is 1. The number of thiophene rings is 1. The van der Waals surface area contributed by atoms with Gasteiger partial charge in [0.15, 0.2) is 0 Å². The van der Waals surface area contributed by atoms with E-state index in [1.54, 1.807) is 61.7 Å². The average molecular weight is 1120 g/mol. The molecule has 6 aliphatic rings. The Morgan fingerprint density at radius 3 is 2.28 bits per heavy atom. The van der Waals surface area contributed by atoms with E-state index in [2.05, 4.69) is 49.4 Å². The number of carbonyl (C=O) groups excluding carboxylic acids is 5. The number of aromatic nitrogens is 3. The molecule has 416 valence electrons. The van der Waals surface area contributed by atoms with Crippen molar-refractivity contribution in [3.8, 4) is 17.0 Å². The minimum absolute atomic E-state index is 0.0712. The summed E-state index contributed by atoms with van der Waals surface area (Å²) < 4.78 is 21.8. The molecule has 5 aliphatic heterocycles. The maximum Gasteiger partial charge on any atom is 0.471 e. The Labute approximate surface area is 461 Å². The third-order valence-electron chi connectivity index (χ3n) is 16.4. The maximum atomic E-state index is 14.2. The largest absolute Gasteiger partial charge is 0.480 e. The van der Waals surface area contributed by atoms with Gasteiger partial charge < -0.3 is 34.7 Å². The number of amides is 5. The van der Waals surface area contributed by atoms with E-state index < -0.39 is 49.3 Å². The standard InChI is InChI=1S/C56H65N10O11PS/c1-31-25-35(18-21-62(31)36-11-13-41-42(27-36)53(69)66(52(41)68)44-14-16-47(67)65(54(44)70)33(3)77-78(73,74)75)61-23-24-63(32(2)30-61)37-12-15-46(58-29-37)60-43-26-34(28-59-51(43)76-6)38-17-20-57-50(48(38)56(4,5)72)64-22-19-40-39-9-7-8-10-45(39)79-49(40)55(64)71/h11-13,15,17,20,26-29,31-33,35,44,72H,7-10,14,16,18-19,21-25,30H2,1-6H3,(H,58,60)(H2,73,74,75)/t31-,32+,33?,35?,44?/m1/s1. The summed E-state index contributed by atoms with van der Waals surface area (Å²) in [6.07, 6.45) is 10.1. The van der Waals surface area contributed by atoms with Crippen molar-refractivity contribution in [1.29, 1.82) is 0 Å². The molecular weight excluding hydrogens is 1050 g/mol. The minimum atomic E-state index is -5.07. The molecule has 0 saturated carbocycles. The van der Waals surface area contributed by atoms with E-state index in [9.17, 15) is 43.4 Å². The van der Waals surface area contributed by atoms with Crippen LogP contribution in [0.3, 0.4) is 0 Å². The first-order valence-electron chi connectivity index (χ1n) is 27.0. The highest BCUT2D eigenvalue weighted by molar-refractivity contribution is 7.46. The summed E-state index contributed by atoms with van der Waals surface area (Å²) in [4.78, 5) is 113. The van der Waals surface area contributed by atoms with Crippen LogP contribution in [0.5, 0.6) is 5.88 Å². The lowest BCUT2D eigenvalue weighted by Crippen LogP contribution is -2.58. The Bertz CT molecular complexity index is 3330. The smallest absolute Gasteiger partial charge is 0.471 e. The number of piperazine rings is 1. The van der Waals surface area contributed by atoms with Crippen LogP contribution in [-0.4, -0.2) is 144 Å². The van der Waals surface area contributed by atoms with E-state index in [1.165, 1.54) is 16.0 Å². The number of anilines is 5. The highest BCUT2D eigenvalue weighted by atomic mass is 32.1. The van der Waals surface area contributed by atoms with Crippen LogP contribution < -0.4 is 24.8 Å². The van der Waals surface area contributed by atoms with Crippen molar-refractivity contribution < 1.29 is 52.7 Å². The van der Waals surface area contributed by atoms with Gasteiger partial charge in [-0.15, -0.1) is 11.3 Å². The predicted octanol–water partition coefficient (Wildman–Crippen LogP) is 6.80. The van der Waals surface area contributed by atoms with Gasteiger partial charge in [0.2, 0.25) is 11.8 Å². The third kappa shape index (κ3) is 10.2. The van der Waals surface area contributed by atoms with Gasteiger partial charge in [0.1, 0.15) is 29.6 Å². The quantitative estimate of drug-likeness (QED) is 0.0699. The molecule has 4 N–H and O–H groups in total. The number of phosphoric acid groups is 1. The average Bonchev–Trinajstić information content (AvgIpc) is 3.97. The van der Waals surface area contributed by atoms with Gasteiger partial charge >= 0.3 is 7.82 Å². The fraction of sp³-hybridized carbons (Fsp3) is 0.464. The first-order chi connectivity index (χ1) is 37.7. The van der Waals surface area contributed by atoms with Crippen molar-refractivity contribution in [2.45, 2.75) is 128 Å². The Hall–Kier alpha value is -6.65. The molecule has 1 aromatic carbocycles. The molecule has 1 aliphatic carbocycles. The van der Waals surface area contributed by atoms with Crippen LogP contribution in [-0.2, 0) is 43.5 Å². The molecule has 11 rings (SSSR count). The van der Waals surface area contributed by atoms with Gasteiger partial charge in [0.25, 0.3) is 23.6 Å². The van der Waals surface area contributed by atoms with Crippen LogP contribution in [0.1, 0.15) is 125 Å². The van der Waals surface area contributed by atoms with Crippen molar-refractivity contribution >= 4 is 77.4 Å². The first-order valence-corrected chi connectivity index (χ1v) is 29.4. The number of nitrogens with one attached hydrogen (secondary N) is 1. The van der Waals surface area contributed by atoms with E-state index >= 15 is 0 Å². The summed E-state index contributed by atoms with van der Waals surface area (Å²) in [5, 5.41) is 15.2. The highest BCUT2D eigenvalue weighted by Crippen LogP contribution is 2.45. The molecule has 5 atom stereocenters. The van der Waals surface area contributed by atoms with Crippen molar-refractivity contribution in [2.75, 3.05) is 59.9 Å². The first kappa shape index (κ1) is 54.3. The summed E-state index contributed by atoms with van der Waals surface area (Å²) in [6, 6.07) is 12.1. The zero-order valence-electron chi connectivity index (χ0n) is 45.0. The number of aliphatic hydroxyl groups is 1. The normalized spacial score (nSPS) is 22.5. The van der Waals surface area contributed by atoms with E-state index in [0.29, 0.717) is 63.9 Å². The summed E-state index contributed by atoms with van der Waals surface area (Å²) in [6.45, 7) is 12.6. The van der Waals surface area contributed by atoms with Crippen LogP contribution >= 0.6 is 19.2 Å². The molecule has 3 unspecified atom stereocenters. The molecule has 23 heteroatoms. The number of imide groups is 2. The highest BCUT2D eigenvalue weighted by Gasteiger charge is 2.49. The minimum Gasteiger partial charge on any atom is -0.480 e. The molecule has 21 nitrogen and oxygen atoms in total. The van der Waals surface area contributed by atoms with Crippen molar-refractivity contribution in [1.82, 2.24) is 29.7 Å². The van der Waals surface area contributed by atoms with Gasteiger partial charge in [0, 0.05) is 91.4 Å². The van der Waals surface area contributed by atoms with E-state index in [1.807, 2.05) is 30.5 Å². The number of methoxy groups -OCH3 is 1. The molecule has 5 aromatic rings.